The molecule has 3 nitrogen and oxygen atoms in total. The fourth-order valence-corrected chi connectivity index (χ4v) is 1.33. The maximum absolute atomic E-state index is 12.7. The van der Waals surface area contributed by atoms with Crippen LogP contribution in [-0.2, 0) is 0 Å². The Morgan fingerprint density at radius 3 is 2.35 bits per heavy atom. The lowest BCUT2D eigenvalue weighted by Crippen LogP contribution is -1.81. The second-order valence-corrected chi connectivity index (χ2v) is 3.35. The van der Waals surface area contributed by atoms with Gasteiger partial charge in [-0.1, -0.05) is 12.1 Å². The number of halogens is 1. The molecule has 0 aliphatic heterocycles. The van der Waals surface area contributed by atoms with Crippen molar-refractivity contribution >= 4 is 11.4 Å². The Morgan fingerprint density at radius 1 is 0.941 bits per heavy atom. The lowest BCUT2D eigenvalue weighted by Gasteiger charge is -2.01. The first-order valence-corrected chi connectivity index (χ1v) is 5.10. The van der Waals surface area contributed by atoms with Gasteiger partial charge >= 0.3 is 0 Å². The molecule has 2 aromatic rings. The monoisotopic (exact) mass is 230 g/mol. The molecule has 2 aromatic carbocycles. The van der Waals surface area contributed by atoms with Crippen molar-refractivity contribution in [1.82, 2.24) is 0 Å². The molecule has 0 amide bonds. The topological polar surface area (TPSA) is 34.0 Å². The smallest absolute Gasteiger partial charge is 0.146 e. The van der Waals surface area contributed by atoms with E-state index in [9.17, 15) is 4.39 Å². The van der Waals surface area contributed by atoms with Crippen LogP contribution < -0.4 is 4.74 Å². The number of para-hydroxylation sites is 1. The molecular weight excluding hydrogens is 219 g/mol. The van der Waals surface area contributed by atoms with E-state index in [0.717, 1.165) is 0 Å². The predicted molar refractivity (Wildman–Crippen MR) is 63.6 cm³/mol. The molecule has 0 N–H and O–H groups in total. The molecule has 0 aromatic heterocycles. The lowest BCUT2D eigenvalue weighted by atomic mass is 10.3. The van der Waals surface area contributed by atoms with Gasteiger partial charge in [-0.15, -0.1) is 5.11 Å². The maximum atomic E-state index is 12.7. The van der Waals surface area contributed by atoms with Crippen LogP contribution in [0, 0.1) is 5.82 Å². The van der Waals surface area contributed by atoms with Crippen LogP contribution in [0.4, 0.5) is 15.8 Å². The first kappa shape index (κ1) is 11.3. The van der Waals surface area contributed by atoms with E-state index in [-0.39, 0.29) is 5.82 Å². The summed E-state index contributed by atoms with van der Waals surface area (Å²) in [5, 5.41) is 8.06. The van der Waals surface area contributed by atoms with Gasteiger partial charge < -0.3 is 4.74 Å². The summed E-state index contributed by atoms with van der Waals surface area (Å²) in [7, 11) is 1.58. The van der Waals surface area contributed by atoms with E-state index >= 15 is 0 Å². The number of nitrogens with zero attached hydrogens (tertiary/aromatic N) is 2. The van der Waals surface area contributed by atoms with Crippen molar-refractivity contribution < 1.29 is 9.13 Å². The summed E-state index contributed by atoms with van der Waals surface area (Å²) in [6.45, 7) is 0. The molecule has 0 atom stereocenters. The zero-order valence-electron chi connectivity index (χ0n) is 9.30. The molecule has 0 radical (unpaired) electrons. The Balaban J connectivity index is 2.22. The molecule has 0 aliphatic rings. The van der Waals surface area contributed by atoms with E-state index < -0.39 is 0 Å². The summed E-state index contributed by atoms with van der Waals surface area (Å²) >= 11 is 0. The third kappa shape index (κ3) is 2.87. The van der Waals surface area contributed by atoms with Gasteiger partial charge in [0.2, 0.25) is 0 Å². The second-order valence-electron chi connectivity index (χ2n) is 3.35. The van der Waals surface area contributed by atoms with Gasteiger partial charge in [-0.2, -0.15) is 5.11 Å². The fraction of sp³-hybridized carbons (Fsp3) is 0.0769. The van der Waals surface area contributed by atoms with Gasteiger partial charge in [0, 0.05) is 0 Å². The van der Waals surface area contributed by atoms with Crippen LogP contribution >= 0.6 is 0 Å². The average molecular weight is 230 g/mol. The summed E-state index contributed by atoms with van der Waals surface area (Å²) in [6, 6.07) is 13.1. The molecule has 2 rings (SSSR count). The van der Waals surface area contributed by atoms with Crippen LogP contribution in [0.15, 0.2) is 58.8 Å². The highest BCUT2D eigenvalue weighted by Crippen LogP contribution is 2.28. The van der Waals surface area contributed by atoms with Crippen LogP contribution in [-0.4, -0.2) is 7.11 Å². The van der Waals surface area contributed by atoms with Crippen LogP contribution in [0.1, 0.15) is 0 Å². The van der Waals surface area contributed by atoms with E-state index in [1.54, 1.807) is 31.4 Å². The zero-order valence-corrected chi connectivity index (χ0v) is 9.30. The van der Waals surface area contributed by atoms with E-state index in [1.165, 1.54) is 12.1 Å². The third-order valence-electron chi connectivity index (χ3n) is 2.19. The number of rotatable bonds is 3. The molecule has 86 valence electrons. The Morgan fingerprint density at radius 2 is 1.65 bits per heavy atom. The quantitative estimate of drug-likeness (QED) is 0.725. The van der Waals surface area contributed by atoms with Gasteiger partial charge in [0.25, 0.3) is 0 Å². The summed E-state index contributed by atoms with van der Waals surface area (Å²) in [6.07, 6.45) is 0. The summed E-state index contributed by atoms with van der Waals surface area (Å²) < 4.78 is 17.8. The van der Waals surface area contributed by atoms with Gasteiger partial charge in [-0.3, -0.25) is 0 Å². The standard InChI is InChI=1S/C13H11FN2O/c1-17-13-5-3-2-4-12(13)16-15-11-8-6-10(14)7-9-11/h2-9H,1H3. The van der Waals surface area contributed by atoms with Crippen molar-refractivity contribution in [3.63, 3.8) is 0 Å². The SMILES string of the molecule is COc1ccccc1N=Nc1ccc(F)cc1. The largest absolute Gasteiger partial charge is 0.494 e. The fourth-order valence-electron chi connectivity index (χ4n) is 1.33. The van der Waals surface area contributed by atoms with Crippen molar-refractivity contribution in [1.29, 1.82) is 0 Å². The lowest BCUT2D eigenvalue weighted by molar-refractivity contribution is 0.416. The van der Waals surface area contributed by atoms with Crippen molar-refractivity contribution in [2.75, 3.05) is 7.11 Å². The number of azo groups is 1. The first-order valence-electron chi connectivity index (χ1n) is 5.10. The Bertz CT molecular complexity index is 523. The Labute approximate surface area is 98.6 Å². The van der Waals surface area contributed by atoms with Gasteiger partial charge in [-0.05, 0) is 36.4 Å². The summed E-state index contributed by atoms with van der Waals surface area (Å²) in [5.41, 5.74) is 1.23. The van der Waals surface area contributed by atoms with E-state index in [0.29, 0.717) is 17.1 Å². The second kappa shape index (κ2) is 5.21. The molecular formula is C13H11FN2O. The van der Waals surface area contributed by atoms with Gasteiger partial charge in [0.1, 0.15) is 17.3 Å². The molecule has 0 bridgehead atoms. The third-order valence-corrected chi connectivity index (χ3v) is 2.19. The molecule has 0 saturated carbocycles. The molecule has 0 saturated heterocycles. The minimum Gasteiger partial charge on any atom is -0.494 e. The van der Waals surface area contributed by atoms with Crippen LogP contribution in [0.5, 0.6) is 5.75 Å². The van der Waals surface area contributed by atoms with Crippen molar-refractivity contribution in [3.05, 3.63) is 54.3 Å². The van der Waals surface area contributed by atoms with Gasteiger partial charge in [-0.25, -0.2) is 4.39 Å². The number of hydrogen-bond acceptors (Lipinski definition) is 3. The Hall–Kier alpha value is -2.23. The van der Waals surface area contributed by atoms with Crippen LogP contribution in [0.3, 0.4) is 0 Å². The minimum atomic E-state index is -0.291. The zero-order chi connectivity index (χ0) is 12.1. The molecule has 0 unspecified atom stereocenters. The molecule has 4 heteroatoms. The van der Waals surface area contributed by atoms with Crippen LogP contribution in [0.2, 0.25) is 0 Å². The molecule has 17 heavy (non-hydrogen) atoms. The molecule has 0 fully saturated rings. The average Bonchev–Trinajstić information content (AvgIpc) is 2.38. The number of hydrogen-bond donors (Lipinski definition) is 0. The highest BCUT2D eigenvalue weighted by molar-refractivity contribution is 5.51. The van der Waals surface area contributed by atoms with Gasteiger partial charge in [0.15, 0.2) is 0 Å². The van der Waals surface area contributed by atoms with E-state index in [1.807, 2.05) is 12.1 Å². The summed E-state index contributed by atoms with van der Waals surface area (Å²) in [5.74, 6) is 0.361. The minimum absolute atomic E-state index is 0.291. The van der Waals surface area contributed by atoms with E-state index in [2.05, 4.69) is 10.2 Å². The number of methoxy groups -OCH3 is 1. The van der Waals surface area contributed by atoms with E-state index in [4.69, 9.17) is 4.74 Å². The van der Waals surface area contributed by atoms with Crippen molar-refractivity contribution in [2.45, 2.75) is 0 Å². The maximum Gasteiger partial charge on any atom is 0.146 e. The Kier molecular flexibility index (Phi) is 3.45. The highest BCUT2D eigenvalue weighted by Gasteiger charge is 1.99. The van der Waals surface area contributed by atoms with Crippen molar-refractivity contribution in [3.8, 4) is 5.75 Å². The summed E-state index contributed by atoms with van der Waals surface area (Å²) in [4.78, 5) is 0. The first-order chi connectivity index (χ1) is 8.29. The highest BCUT2D eigenvalue weighted by atomic mass is 19.1. The van der Waals surface area contributed by atoms with Crippen LogP contribution in [0.25, 0.3) is 0 Å². The molecule has 0 spiro atoms. The number of benzene rings is 2. The molecule has 0 heterocycles. The number of ether oxygens (including phenoxy) is 1. The predicted octanol–water partition coefficient (Wildman–Crippen LogP) is 4.25. The van der Waals surface area contributed by atoms with Crippen molar-refractivity contribution in [2.24, 2.45) is 10.2 Å². The van der Waals surface area contributed by atoms with Gasteiger partial charge in [0.05, 0.1) is 12.8 Å². The molecule has 0 aliphatic carbocycles. The normalized spacial score (nSPS) is 10.7.